The zero-order valence-electron chi connectivity index (χ0n) is 15.9. The van der Waals surface area contributed by atoms with Crippen molar-refractivity contribution in [3.05, 3.63) is 101 Å². The number of rotatable bonds is 7. The van der Waals surface area contributed by atoms with E-state index in [-0.39, 0.29) is 16.8 Å². The highest BCUT2D eigenvalue weighted by Gasteiger charge is 2.15. The van der Waals surface area contributed by atoms with Crippen LogP contribution in [0.1, 0.15) is 21.5 Å². The lowest BCUT2D eigenvalue weighted by Crippen LogP contribution is -2.16. The van der Waals surface area contributed by atoms with E-state index in [9.17, 15) is 20.0 Å². The van der Waals surface area contributed by atoms with E-state index >= 15 is 0 Å². The van der Waals surface area contributed by atoms with Crippen LogP contribution < -0.4 is 10.1 Å². The number of nitrogens with zero attached hydrogens (tertiary/aromatic N) is 1. The van der Waals surface area contributed by atoms with Crippen LogP contribution in [0.4, 0.5) is 5.69 Å². The summed E-state index contributed by atoms with van der Waals surface area (Å²) in [5, 5.41) is 21.2. The van der Waals surface area contributed by atoms with Crippen LogP contribution in [0.15, 0.2) is 84.4 Å². The van der Waals surface area contributed by atoms with Crippen molar-refractivity contribution in [3.8, 4) is 11.8 Å². The number of hydrogen-bond donors (Lipinski definition) is 2. The number of nitriles is 1. The van der Waals surface area contributed by atoms with E-state index < -0.39 is 11.9 Å². The molecule has 0 radical (unpaired) electrons. The molecule has 1 amide bonds. The molecule has 0 bridgehead atoms. The molecule has 148 valence electrons. The number of carboxylic acids is 1. The summed E-state index contributed by atoms with van der Waals surface area (Å²) in [5.74, 6) is -1.36. The summed E-state index contributed by atoms with van der Waals surface area (Å²) in [6, 6.07) is 24.5. The first kappa shape index (κ1) is 20.4. The Labute approximate surface area is 173 Å². The van der Waals surface area contributed by atoms with Gasteiger partial charge in [0.1, 0.15) is 24.0 Å². The molecule has 0 spiro atoms. The molecule has 6 heteroatoms. The predicted molar refractivity (Wildman–Crippen MR) is 113 cm³/mol. The summed E-state index contributed by atoms with van der Waals surface area (Å²) in [6.45, 7) is 0.339. The van der Waals surface area contributed by atoms with Gasteiger partial charge < -0.3 is 15.2 Å². The van der Waals surface area contributed by atoms with Crippen molar-refractivity contribution in [2.24, 2.45) is 0 Å². The number of benzene rings is 3. The molecule has 0 atom stereocenters. The minimum atomic E-state index is -1.17. The number of hydrogen-bond acceptors (Lipinski definition) is 4. The fourth-order valence-electron chi connectivity index (χ4n) is 2.74. The van der Waals surface area contributed by atoms with Gasteiger partial charge in [-0.25, -0.2) is 4.79 Å². The quantitative estimate of drug-likeness (QED) is 0.451. The van der Waals surface area contributed by atoms with Gasteiger partial charge in [-0.15, -0.1) is 0 Å². The number of anilines is 1. The molecule has 0 aliphatic rings. The first-order valence-electron chi connectivity index (χ1n) is 9.09. The van der Waals surface area contributed by atoms with Crippen molar-refractivity contribution in [2.45, 2.75) is 6.61 Å². The molecule has 0 saturated carbocycles. The Morgan fingerprint density at radius 3 is 2.37 bits per heavy atom. The summed E-state index contributed by atoms with van der Waals surface area (Å²) in [4.78, 5) is 23.9. The summed E-state index contributed by atoms with van der Waals surface area (Å²) in [7, 11) is 0. The Kier molecular flexibility index (Phi) is 6.59. The van der Waals surface area contributed by atoms with Crippen LogP contribution in [0.5, 0.6) is 5.75 Å². The van der Waals surface area contributed by atoms with Crippen molar-refractivity contribution >= 4 is 23.6 Å². The maximum Gasteiger partial charge on any atom is 0.337 e. The summed E-state index contributed by atoms with van der Waals surface area (Å²) < 4.78 is 5.85. The highest BCUT2D eigenvalue weighted by molar-refractivity contribution is 6.11. The number of aromatic carboxylic acids is 1. The van der Waals surface area contributed by atoms with Crippen molar-refractivity contribution in [1.29, 1.82) is 5.26 Å². The summed E-state index contributed by atoms with van der Waals surface area (Å²) in [6.07, 6.45) is 1.42. The zero-order chi connectivity index (χ0) is 21.3. The Bertz CT molecular complexity index is 1130. The number of carbonyl (C=O) groups is 2. The number of nitrogens with one attached hydrogen (secondary N) is 1. The van der Waals surface area contributed by atoms with Gasteiger partial charge in [0.15, 0.2) is 0 Å². The van der Waals surface area contributed by atoms with Gasteiger partial charge in [0.05, 0.1) is 11.3 Å². The number of carboxylic acid groups (broad SMARTS) is 1. The Balaban J connectivity index is 1.82. The predicted octanol–water partition coefficient (Wildman–Crippen LogP) is 4.51. The lowest BCUT2D eigenvalue weighted by atomic mass is 10.1. The van der Waals surface area contributed by atoms with E-state index in [0.29, 0.717) is 17.9 Å². The molecule has 3 aromatic rings. The number of para-hydroxylation sites is 2. The third-order valence-electron chi connectivity index (χ3n) is 4.23. The van der Waals surface area contributed by atoms with E-state index in [1.165, 1.54) is 18.2 Å². The minimum Gasteiger partial charge on any atom is -0.488 e. The SMILES string of the molecule is N#CC(=Cc1ccccc1OCc1ccccc1)C(=O)Nc1ccccc1C(=O)O. The fraction of sp³-hybridized carbons (Fsp3) is 0.0417. The van der Waals surface area contributed by atoms with Crippen molar-refractivity contribution in [2.75, 3.05) is 5.32 Å². The average molecular weight is 398 g/mol. The number of amides is 1. The second kappa shape index (κ2) is 9.71. The molecule has 0 saturated heterocycles. The van der Waals surface area contributed by atoms with Crippen LogP contribution in [-0.2, 0) is 11.4 Å². The topological polar surface area (TPSA) is 99.4 Å². The third kappa shape index (κ3) is 5.12. The smallest absolute Gasteiger partial charge is 0.337 e. The van der Waals surface area contributed by atoms with Crippen molar-refractivity contribution in [1.82, 2.24) is 0 Å². The van der Waals surface area contributed by atoms with Gasteiger partial charge in [-0.3, -0.25) is 4.79 Å². The molecule has 3 rings (SSSR count). The van der Waals surface area contributed by atoms with Crippen LogP contribution in [0.2, 0.25) is 0 Å². The average Bonchev–Trinajstić information content (AvgIpc) is 2.77. The molecule has 0 aliphatic heterocycles. The largest absolute Gasteiger partial charge is 0.488 e. The van der Waals surface area contributed by atoms with Crippen LogP contribution in [0, 0.1) is 11.3 Å². The Hall–Kier alpha value is -4.37. The van der Waals surface area contributed by atoms with Gasteiger partial charge in [0.2, 0.25) is 0 Å². The molecule has 0 aliphatic carbocycles. The Morgan fingerprint density at radius 2 is 1.63 bits per heavy atom. The second-order valence-corrected chi connectivity index (χ2v) is 6.29. The molecule has 0 unspecified atom stereocenters. The van der Waals surface area contributed by atoms with E-state index in [1.807, 2.05) is 36.4 Å². The van der Waals surface area contributed by atoms with Gasteiger partial charge in [0.25, 0.3) is 5.91 Å². The van der Waals surface area contributed by atoms with Gasteiger partial charge in [-0.05, 0) is 29.8 Å². The molecule has 0 heterocycles. The van der Waals surface area contributed by atoms with Crippen LogP contribution in [0.25, 0.3) is 6.08 Å². The molecular weight excluding hydrogens is 380 g/mol. The van der Waals surface area contributed by atoms with Crippen LogP contribution >= 0.6 is 0 Å². The normalized spacial score (nSPS) is 10.7. The maximum atomic E-state index is 12.6. The van der Waals surface area contributed by atoms with E-state index in [1.54, 1.807) is 36.4 Å². The molecule has 30 heavy (non-hydrogen) atoms. The van der Waals surface area contributed by atoms with Gasteiger partial charge in [-0.1, -0.05) is 60.7 Å². The van der Waals surface area contributed by atoms with E-state index in [4.69, 9.17) is 4.74 Å². The lowest BCUT2D eigenvalue weighted by Gasteiger charge is -2.10. The maximum absolute atomic E-state index is 12.6. The first-order chi connectivity index (χ1) is 14.6. The molecule has 2 N–H and O–H groups in total. The summed E-state index contributed by atoms with van der Waals surface area (Å²) >= 11 is 0. The fourth-order valence-corrected chi connectivity index (χ4v) is 2.74. The molecular formula is C24H18N2O4. The standard InChI is InChI=1S/C24H18N2O4/c25-15-19(23(27)26-21-12-6-5-11-20(21)24(28)29)14-18-10-4-7-13-22(18)30-16-17-8-2-1-3-9-17/h1-14H,16H2,(H,26,27)(H,28,29). The highest BCUT2D eigenvalue weighted by Crippen LogP contribution is 2.23. The number of carbonyl (C=O) groups excluding carboxylic acids is 1. The summed E-state index contributed by atoms with van der Waals surface area (Å²) in [5.41, 5.74) is 1.43. The third-order valence-corrected chi connectivity index (χ3v) is 4.23. The zero-order valence-corrected chi connectivity index (χ0v) is 15.9. The van der Waals surface area contributed by atoms with Gasteiger partial charge in [0, 0.05) is 5.56 Å². The van der Waals surface area contributed by atoms with Crippen molar-refractivity contribution < 1.29 is 19.4 Å². The van der Waals surface area contributed by atoms with Crippen LogP contribution in [0.3, 0.4) is 0 Å². The second-order valence-electron chi connectivity index (χ2n) is 6.29. The highest BCUT2D eigenvalue weighted by atomic mass is 16.5. The lowest BCUT2D eigenvalue weighted by molar-refractivity contribution is -0.112. The molecule has 0 fully saturated rings. The Morgan fingerprint density at radius 1 is 0.967 bits per heavy atom. The van der Waals surface area contributed by atoms with Crippen LogP contribution in [-0.4, -0.2) is 17.0 Å². The number of ether oxygens (including phenoxy) is 1. The van der Waals surface area contributed by atoms with E-state index in [0.717, 1.165) is 5.56 Å². The van der Waals surface area contributed by atoms with Crippen molar-refractivity contribution in [3.63, 3.8) is 0 Å². The minimum absolute atomic E-state index is 0.0604. The molecule has 6 nitrogen and oxygen atoms in total. The monoisotopic (exact) mass is 398 g/mol. The van der Waals surface area contributed by atoms with E-state index in [2.05, 4.69) is 5.32 Å². The molecule has 3 aromatic carbocycles. The first-order valence-corrected chi connectivity index (χ1v) is 9.09. The van der Waals surface area contributed by atoms with Gasteiger partial charge in [-0.2, -0.15) is 5.26 Å². The molecule has 0 aromatic heterocycles. The van der Waals surface area contributed by atoms with Gasteiger partial charge >= 0.3 is 5.97 Å².